The summed E-state index contributed by atoms with van der Waals surface area (Å²) < 4.78 is 33.1. The van der Waals surface area contributed by atoms with Gasteiger partial charge in [-0.25, -0.2) is 8.42 Å². The molecule has 0 atom stereocenters. The lowest BCUT2D eigenvalue weighted by atomic mass is 10.3. The molecule has 10 heteroatoms. The third kappa shape index (κ3) is 3.59. The summed E-state index contributed by atoms with van der Waals surface area (Å²) in [6, 6.07) is 9.82. The number of anilines is 1. The van der Waals surface area contributed by atoms with Crippen LogP contribution in [0.4, 0.5) is 5.69 Å². The molecule has 0 aliphatic carbocycles. The van der Waals surface area contributed by atoms with Crippen molar-refractivity contribution in [2.75, 3.05) is 4.72 Å². The summed E-state index contributed by atoms with van der Waals surface area (Å²) in [6.07, 6.45) is 0.820. The van der Waals surface area contributed by atoms with Crippen LogP contribution in [0.1, 0.15) is 33.2 Å². The van der Waals surface area contributed by atoms with E-state index < -0.39 is 10.0 Å². The van der Waals surface area contributed by atoms with Gasteiger partial charge < -0.3 is 0 Å². The zero-order chi connectivity index (χ0) is 21.6. The Hall–Kier alpha value is -2.43. The summed E-state index contributed by atoms with van der Waals surface area (Å²) in [5.41, 5.74) is 1.91. The molecular weight excluding hydrogens is 442 g/mol. The van der Waals surface area contributed by atoms with Gasteiger partial charge in [0.2, 0.25) is 0 Å². The zero-order valence-corrected chi connectivity index (χ0v) is 19.2. The van der Waals surface area contributed by atoms with Crippen LogP contribution in [0.15, 0.2) is 50.9 Å². The van der Waals surface area contributed by atoms with Gasteiger partial charge in [0, 0.05) is 12.6 Å². The standard InChI is InChI=1S/C20H21N3O4S3/c1-4-9-22-15-8-6-14(11-18(15)28-19(22)24)30(26,27)21-13-5-7-16-17(10-13)29-20(25)23(16)12(2)3/h5-8,10-12,21H,4,9H2,1-3H3. The molecule has 2 aromatic heterocycles. The molecule has 0 aliphatic heterocycles. The Labute approximate surface area is 181 Å². The highest BCUT2D eigenvalue weighted by Gasteiger charge is 2.18. The van der Waals surface area contributed by atoms with Crippen molar-refractivity contribution in [3.63, 3.8) is 0 Å². The predicted octanol–water partition coefficient (Wildman–Crippen LogP) is 4.23. The van der Waals surface area contributed by atoms with Crippen LogP contribution in [0.2, 0.25) is 0 Å². The third-order valence-corrected chi connectivity index (χ3v) is 8.02. The molecule has 0 spiro atoms. The Morgan fingerprint density at radius 1 is 0.967 bits per heavy atom. The van der Waals surface area contributed by atoms with Crippen LogP contribution in [0.5, 0.6) is 0 Å². The monoisotopic (exact) mass is 463 g/mol. The van der Waals surface area contributed by atoms with Gasteiger partial charge in [-0.15, -0.1) is 0 Å². The Kier molecular flexibility index (Phi) is 5.33. The minimum Gasteiger partial charge on any atom is -0.299 e. The second-order valence-electron chi connectivity index (χ2n) is 7.27. The fourth-order valence-corrected chi connectivity index (χ4v) is 6.61. The van der Waals surface area contributed by atoms with Gasteiger partial charge in [-0.1, -0.05) is 29.6 Å². The zero-order valence-electron chi connectivity index (χ0n) is 16.7. The van der Waals surface area contributed by atoms with Crippen LogP contribution in [-0.2, 0) is 16.6 Å². The highest BCUT2D eigenvalue weighted by Crippen LogP contribution is 2.27. The number of hydrogen-bond acceptors (Lipinski definition) is 6. The van der Waals surface area contributed by atoms with Crippen LogP contribution in [-0.4, -0.2) is 17.6 Å². The van der Waals surface area contributed by atoms with Crippen molar-refractivity contribution in [1.82, 2.24) is 9.13 Å². The minimum atomic E-state index is -3.84. The maximum atomic E-state index is 12.9. The first-order valence-electron chi connectivity index (χ1n) is 9.52. The van der Waals surface area contributed by atoms with E-state index >= 15 is 0 Å². The van der Waals surface area contributed by atoms with Gasteiger partial charge >= 0.3 is 9.75 Å². The van der Waals surface area contributed by atoms with E-state index in [1.807, 2.05) is 20.8 Å². The molecule has 0 aliphatic rings. The lowest BCUT2D eigenvalue weighted by Gasteiger charge is -2.10. The smallest absolute Gasteiger partial charge is 0.299 e. The first kappa shape index (κ1) is 20.8. The Morgan fingerprint density at radius 2 is 1.63 bits per heavy atom. The molecule has 2 heterocycles. The van der Waals surface area contributed by atoms with Crippen molar-refractivity contribution in [2.24, 2.45) is 0 Å². The van der Waals surface area contributed by atoms with Crippen molar-refractivity contribution in [3.8, 4) is 0 Å². The number of thiazole rings is 2. The molecule has 0 fully saturated rings. The average molecular weight is 464 g/mol. The van der Waals surface area contributed by atoms with E-state index in [1.54, 1.807) is 33.4 Å². The Balaban J connectivity index is 1.70. The van der Waals surface area contributed by atoms with Crippen LogP contribution in [0.3, 0.4) is 0 Å². The second-order valence-corrected chi connectivity index (χ2v) is 10.9. The van der Waals surface area contributed by atoms with Gasteiger partial charge in [-0.2, -0.15) is 0 Å². The third-order valence-electron chi connectivity index (χ3n) is 4.78. The minimum absolute atomic E-state index is 0.0210. The fourth-order valence-electron chi connectivity index (χ4n) is 3.45. The molecule has 2 aromatic carbocycles. The number of nitrogens with zero attached hydrogens (tertiary/aromatic N) is 2. The van der Waals surface area contributed by atoms with E-state index in [2.05, 4.69) is 4.72 Å². The molecule has 0 saturated heterocycles. The van der Waals surface area contributed by atoms with Crippen LogP contribution in [0.25, 0.3) is 20.4 Å². The van der Waals surface area contributed by atoms with E-state index in [9.17, 15) is 18.0 Å². The summed E-state index contributed by atoms with van der Waals surface area (Å²) in [4.78, 5) is 24.3. The first-order chi connectivity index (χ1) is 14.2. The van der Waals surface area contributed by atoms with Crippen molar-refractivity contribution >= 4 is 58.8 Å². The van der Waals surface area contributed by atoms with E-state index in [4.69, 9.17) is 0 Å². The maximum Gasteiger partial charge on any atom is 0.308 e. The molecule has 0 saturated carbocycles. The number of aryl methyl sites for hydroxylation is 1. The molecule has 1 N–H and O–H groups in total. The molecule has 0 unspecified atom stereocenters. The Morgan fingerprint density at radius 3 is 2.33 bits per heavy atom. The van der Waals surface area contributed by atoms with Gasteiger partial charge in [0.1, 0.15) is 0 Å². The SMILES string of the molecule is CCCn1c(=O)sc2cc(S(=O)(=O)Nc3ccc4c(c3)sc(=O)n4C(C)C)ccc21. The summed E-state index contributed by atoms with van der Waals surface area (Å²) in [7, 11) is -3.84. The van der Waals surface area contributed by atoms with Crippen molar-refractivity contribution in [2.45, 2.75) is 44.7 Å². The molecule has 0 bridgehead atoms. The largest absolute Gasteiger partial charge is 0.308 e. The van der Waals surface area contributed by atoms with Gasteiger partial charge in [0.05, 0.1) is 31.0 Å². The number of rotatable bonds is 6. The number of aromatic nitrogens is 2. The average Bonchev–Trinajstić information content (AvgIpc) is 3.16. The van der Waals surface area contributed by atoms with Gasteiger partial charge in [-0.05, 0) is 56.7 Å². The highest BCUT2D eigenvalue weighted by atomic mass is 32.2. The van der Waals surface area contributed by atoms with Crippen LogP contribution < -0.4 is 14.5 Å². The van der Waals surface area contributed by atoms with Gasteiger partial charge in [0.25, 0.3) is 10.0 Å². The normalized spacial score (nSPS) is 12.3. The molecule has 158 valence electrons. The number of hydrogen-bond donors (Lipinski definition) is 1. The second kappa shape index (κ2) is 7.68. The predicted molar refractivity (Wildman–Crippen MR) is 124 cm³/mol. The van der Waals surface area contributed by atoms with Crippen molar-refractivity contribution < 1.29 is 8.42 Å². The lowest BCUT2D eigenvalue weighted by molar-refractivity contribution is 0.601. The van der Waals surface area contributed by atoms with E-state index in [0.29, 0.717) is 16.9 Å². The molecule has 4 rings (SSSR count). The number of sulfonamides is 1. The summed E-state index contributed by atoms with van der Waals surface area (Å²) in [5, 5.41) is 0. The molecular formula is C20H21N3O4S3. The lowest BCUT2D eigenvalue weighted by Crippen LogP contribution is -2.15. The quantitative estimate of drug-likeness (QED) is 0.463. The maximum absolute atomic E-state index is 12.9. The van der Waals surface area contributed by atoms with Crippen molar-refractivity contribution in [1.29, 1.82) is 0 Å². The molecule has 0 amide bonds. The molecule has 30 heavy (non-hydrogen) atoms. The first-order valence-corrected chi connectivity index (χ1v) is 12.6. The van der Waals surface area contributed by atoms with Gasteiger partial charge in [-0.3, -0.25) is 23.4 Å². The number of nitrogens with one attached hydrogen (secondary N) is 1. The van der Waals surface area contributed by atoms with E-state index in [1.165, 1.54) is 12.1 Å². The molecule has 7 nitrogen and oxygen atoms in total. The topological polar surface area (TPSA) is 90.2 Å². The van der Waals surface area contributed by atoms with Crippen LogP contribution >= 0.6 is 22.7 Å². The van der Waals surface area contributed by atoms with E-state index in [-0.39, 0.29) is 20.7 Å². The summed E-state index contributed by atoms with van der Waals surface area (Å²) >= 11 is 2.13. The molecule has 0 radical (unpaired) electrons. The summed E-state index contributed by atoms with van der Waals surface area (Å²) in [6.45, 7) is 6.45. The Bertz CT molecular complexity index is 1470. The summed E-state index contributed by atoms with van der Waals surface area (Å²) in [5.74, 6) is 0. The van der Waals surface area contributed by atoms with Crippen LogP contribution in [0, 0.1) is 0 Å². The number of fused-ring (bicyclic) bond motifs is 2. The van der Waals surface area contributed by atoms with E-state index in [0.717, 1.165) is 44.8 Å². The molecule has 4 aromatic rings. The highest BCUT2D eigenvalue weighted by molar-refractivity contribution is 7.92. The number of benzene rings is 2. The van der Waals surface area contributed by atoms with Gasteiger partial charge in [0.15, 0.2) is 0 Å². The van der Waals surface area contributed by atoms with Crippen molar-refractivity contribution in [3.05, 3.63) is 55.7 Å². The fraction of sp³-hybridized carbons (Fsp3) is 0.300.